The number of nitrogens with one attached hydrogen (secondary N) is 1. The molecule has 3 aromatic carbocycles. The molecule has 0 unspecified atom stereocenters. The van der Waals surface area contributed by atoms with E-state index < -0.39 is 5.91 Å². The van der Waals surface area contributed by atoms with Crippen molar-refractivity contribution in [2.24, 2.45) is 0 Å². The van der Waals surface area contributed by atoms with Crippen LogP contribution >= 0.6 is 31.9 Å². The van der Waals surface area contributed by atoms with E-state index in [4.69, 9.17) is 9.47 Å². The van der Waals surface area contributed by atoms with Crippen molar-refractivity contribution in [2.75, 3.05) is 11.9 Å². The van der Waals surface area contributed by atoms with E-state index in [9.17, 15) is 10.1 Å². The molecule has 33 heavy (non-hydrogen) atoms. The average molecular weight is 570 g/mol. The Morgan fingerprint density at radius 2 is 1.76 bits per heavy atom. The maximum absolute atomic E-state index is 12.8. The first-order valence-electron chi connectivity index (χ1n) is 10.2. The molecule has 0 aromatic heterocycles. The number of rotatable bonds is 8. The molecule has 0 atom stereocenters. The lowest BCUT2D eigenvalue weighted by molar-refractivity contribution is -0.112. The third kappa shape index (κ3) is 6.95. The predicted molar refractivity (Wildman–Crippen MR) is 137 cm³/mol. The number of nitrogens with zero attached hydrogens (tertiary/aromatic N) is 1. The summed E-state index contributed by atoms with van der Waals surface area (Å²) in [6, 6.07) is 20.7. The zero-order chi connectivity index (χ0) is 23.8. The molecule has 1 amide bonds. The summed E-state index contributed by atoms with van der Waals surface area (Å²) in [6.07, 6.45) is 1.52. The van der Waals surface area contributed by atoms with Crippen LogP contribution in [-0.4, -0.2) is 12.5 Å². The third-order valence-corrected chi connectivity index (χ3v) is 5.68. The number of amides is 1. The smallest absolute Gasteiger partial charge is 0.266 e. The van der Waals surface area contributed by atoms with Crippen molar-refractivity contribution in [3.8, 4) is 17.6 Å². The Hall–Kier alpha value is -3.08. The third-order valence-electron chi connectivity index (χ3n) is 4.63. The minimum Gasteiger partial charge on any atom is -0.494 e. The summed E-state index contributed by atoms with van der Waals surface area (Å²) < 4.78 is 13.0. The average Bonchev–Trinajstić information content (AvgIpc) is 2.79. The molecule has 0 fully saturated rings. The summed E-state index contributed by atoms with van der Waals surface area (Å²) in [5.74, 6) is 0.739. The van der Waals surface area contributed by atoms with Gasteiger partial charge in [-0.25, -0.2) is 0 Å². The van der Waals surface area contributed by atoms with E-state index in [1.54, 1.807) is 30.3 Å². The van der Waals surface area contributed by atoms with Crippen LogP contribution in [0.5, 0.6) is 11.5 Å². The topological polar surface area (TPSA) is 71.3 Å². The number of benzene rings is 3. The summed E-state index contributed by atoms with van der Waals surface area (Å²) >= 11 is 6.99. The van der Waals surface area contributed by atoms with Gasteiger partial charge in [0.15, 0.2) is 0 Å². The van der Waals surface area contributed by atoms with Gasteiger partial charge in [0, 0.05) is 15.7 Å². The summed E-state index contributed by atoms with van der Waals surface area (Å²) in [5.41, 5.74) is 3.30. The first-order chi connectivity index (χ1) is 15.9. The van der Waals surface area contributed by atoms with E-state index in [0.717, 1.165) is 10.0 Å². The Bertz CT molecular complexity index is 1200. The van der Waals surface area contributed by atoms with Gasteiger partial charge in [-0.1, -0.05) is 45.8 Å². The molecule has 3 rings (SSSR count). The second kappa shape index (κ2) is 11.7. The standard InChI is InChI=1S/C26H22Br2N2O3/c1-3-32-23-10-8-22(9-11-23)30-26(31)20(15-29)12-19-13-21(27)14-24(28)25(19)33-16-18-6-4-17(2)5-7-18/h4-14H,3,16H2,1-2H3,(H,30,31)/b20-12+. The van der Waals surface area contributed by atoms with E-state index in [-0.39, 0.29) is 5.57 Å². The Morgan fingerprint density at radius 1 is 1.06 bits per heavy atom. The summed E-state index contributed by atoms with van der Waals surface area (Å²) in [5, 5.41) is 12.4. The van der Waals surface area contributed by atoms with Crippen LogP contribution in [0.3, 0.4) is 0 Å². The molecule has 168 valence electrons. The molecule has 0 radical (unpaired) electrons. The van der Waals surface area contributed by atoms with Gasteiger partial charge in [0.05, 0.1) is 11.1 Å². The van der Waals surface area contributed by atoms with Crippen molar-refractivity contribution >= 4 is 49.5 Å². The zero-order valence-electron chi connectivity index (χ0n) is 18.2. The summed E-state index contributed by atoms with van der Waals surface area (Å²) in [7, 11) is 0. The molecule has 1 N–H and O–H groups in total. The minimum atomic E-state index is -0.512. The molecular formula is C26H22Br2N2O3. The van der Waals surface area contributed by atoms with Crippen molar-refractivity contribution in [3.63, 3.8) is 0 Å². The normalized spacial score (nSPS) is 10.9. The Morgan fingerprint density at radius 3 is 2.39 bits per heavy atom. The predicted octanol–water partition coefficient (Wildman–Crippen LogP) is 7.04. The van der Waals surface area contributed by atoms with E-state index >= 15 is 0 Å². The van der Waals surface area contributed by atoms with Crippen molar-refractivity contribution in [2.45, 2.75) is 20.5 Å². The van der Waals surface area contributed by atoms with Crippen LogP contribution in [0.4, 0.5) is 5.69 Å². The van der Waals surface area contributed by atoms with Gasteiger partial charge in [0.2, 0.25) is 0 Å². The number of anilines is 1. The lowest BCUT2D eigenvalue weighted by atomic mass is 10.1. The number of hydrogen-bond donors (Lipinski definition) is 1. The summed E-state index contributed by atoms with van der Waals surface area (Å²) in [6.45, 7) is 4.84. The molecule has 7 heteroatoms. The Labute approximate surface area is 210 Å². The Balaban J connectivity index is 1.83. The molecule has 3 aromatic rings. The quantitative estimate of drug-likeness (QED) is 0.233. The number of carbonyl (C=O) groups excluding carboxylic acids is 1. The second-order valence-electron chi connectivity index (χ2n) is 7.16. The fourth-order valence-corrected chi connectivity index (χ4v) is 4.36. The summed E-state index contributed by atoms with van der Waals surface area (Å²) in [4.78, 5) is 12.8. The van der Waals surface area contributed by atoms with E-state index in [0.29, 0.717) is 40.4 Å². The van der Waals surface area contributed by atoms with E-state index in [1.165, 1.54) is 11.6 Å². The molecule has 0 aliphatic heterocycles. The molecule has 0 heterocycles. The SMILES string of the molecule is CCOc1ccc(NC(=O)/C(C#N)=C/c2cc(Br)cc(Br)c2OCc2ccc(C)cc2)cc1. The van der Waals surface area contributed by atoms with Crippen LogP contribution in [0.15, 0.2) is 75.2 Å². The van der Waals surface area contributed by atoms with Gasteiger partial charge in [-0.2, -0.15) is 5.26 Å². The number of halogens is 2. The van der Waals surface area contributed by atoms with Gasteiger partial charge in [-0.05, 0) is 77.8 Å². The molecule has 0 aliphatic carbocycles. The highest BCUT2D eigenvalue weighted by atomic mass is 79.9. The van der Waals surface area contributed by atoms with Crippen LogP contribution in [0, 0.1) is 18.3 Å². The van der Waals surface area contributed by atoms with Crippen LogP contribution in [0.2, 0.25) is 0 Å². The van der Waals surface area contributed by atoms with Gasteiger partial charge < -0.3 is 14.8 Å². The van der Waals surface area contributed by atoms with Crippen molar-refractivity contribution in [3.05, 3.63) is 91.9 Å². The van der Waals surface area contributed by atoms with Gasteiger partial charge in [0.1, 0.15) is 29.7 Å². The fourth-order valence-electron chi connectivity index (χ4n) is 2.98. The van der Waals surface area contributed by atoms with Crippen LogP contribution in [0.1, 0.15) is 23.6 Å². The van der Waals surface area contributed by atoms with Gasteiger partial charge in [-0.3, -0.25) is 4.79 Å². The highest BCUT2D eigenvalue weighted by molar-refractivity contribution is 9.11. The maximum atomic E-state index is 12.8. The number of nitriles is 1. The van der Waals surface area contributed by atoms with Crippen molar-refractivity contribution in [1.29, 1.82) is 5.26 Å². The molecule has 0 spiro atoms. The van der Waals surface area contributed by atoms with E-state index in [2.05, 4.69) is 37.2 Å². The van der Waals surface area contributed by atoms with Crippen LogP contribution < -0.4 is 14.8 Å². The van der Waals surface area contributed by atoms with Crippen LogP contribution in [-0.2, 0) is 11.4 Å². The van der Waals surface area contributed by atoms with Crippen molar-refractivity contribution in [1.82, 2.24) is 0 Å². The monoisotopic (exact) mass is 568 g/mol. The maximum Gasteiger partial charge on any atom is 0.266 e. The minimum absolute atomic E-state index is 0.0472. The first-order valence-corrected chi connectivity index (χ1v) is 11.8. The lowest BCUT2D eigenvalue weighted by Gasteiger charge is -2.13. The number of carbonyl (C=O) groups is 1. The van der Waals surface area contributed by atoms with Gasteiger partial charge in [0.25, 0.3) is 5.91 Å². The zero-order valence-corrected chi connectivity index (χ0v) is 21.4. The lowest BCUT2D eigenvalue weighted by Crippen LogP contribution is -2.13. The van der Waals surface area contributed by atoms with Crippen molar-refractivity contribution < 1.29 is 14.3 Å². The number of ether oxygens (including phenoxy) is 2. The first kappa shape index (κ1) is 24.6. The Kier molecular flexibility index (Phi) is 8.70. The molecule has 5 nitrogen and oxygen atoms in total. The fraction of sp³-hybridized carbons (Fsp3) is 0.154. The largest absolute Gasteiger partial charge is 0.494 e. The number of hydrogen-bond acceptors (Lipinski definition) is 4. The van der Waals surface area contributed by atoms with Gasteiger partial charge in [-0.15, -0.1) is 0 Å². The van der Waals surface area contributed by atoms with E-state index in [1.807, 2.05) is 50.2 Å². The molecule has 0 bridgehead atoms. The highest BCUT2D eigenvalue weighted by Gasteiger charge is 2.14. The molecule has 0 saturated carbocycles. The number of aryl methyl sites for hydroxylation is 1. The second-order valence-corrected chi connectivity index (χ2v) is 8.93. The molecule has 0 aliphatic rings. The molecule has 0 saturated heterocycles. The molecular weight excluding hydrogens is 548 g/mol. The highest BCUT2D eigenvalue weighted by Crippen LogP contribution is 2.35. The van der Waals surface area contributed by atoms with Crippen LogP contribution in [0.25, 0.3) is 6.08 Å². The van der Waals surface area contributed by atoms with Gasteiger partial charge >= 0.3 is 0 Å².